The highest BCUT2D eigenvalue weighted by Crippen LogP contribution is 2.28. The van der Waals surface area contributed by atoms with Crippen LogP contribution in [0.4, 0.5) is 5.69 Å². The lowest BCUT2D eigenvalue weighted by Crippen LogP contribution is -2.03. The van der Waals surface area contributed by atoms with Crippen LogP contribution in [-0.2, 0) is 19.5 Å². The minimum Gasteiger partial charge on any atom is -0.325 e. The van der Waals surface area contributed by atoms with Crippen molar-refractivity contribution in [2.75, 3.05) is 0 Å². The molecule has 31 heavy (non-hydrogen) atoms. The van der Waals surface area contributed by atoms with E-state index in [0.717, 1.165) is 44.6 Å². The van der Waals surface area contributed by atoms with E-state index in [1.165, 1.54) is 23.5 Å². The van der Waals surface area contributed by atoms with Crippen LogP contribution in [0.25, 0.3) is 22.1 Å². The zero-order valence-electron chi connectivity index (χ0n) is 16.6. The number of hydrogen-bond donors (Lipinski definition) is 2. The quantitative estimate of drug-likeness (QED) is 0.336. The van der Waals surface area contributed by atoms with Gasteiger partial charge in [0.15, 0.2) is 0 Å². The van der Waals surface area contributed by atoms with E-state index in [9.17, 15) is 10.1 Å². The molecular formula is C22H20N6O2S. The number of aromatic nitrogens is 3. The second-order valence-corrected chi connectivity index (χ2v) is 7.77. The summed E-state index contributed by atoms with van der Waals surface area (Å²) in [7, 11) is 0. The number of nitrogens with two attached hydrogens (primary N) is 2. The summed E-state index contributed by atoms with van der Waals surface area (Å²) in [5, 5.41) is 13.6. The maximum Gasteiger partial charge on any atom is 0.269 e. The van der Waals surface area contributed by atoms with E-state index in [-0.39, 0.29) is 5.69 Å². The van der Waals surface area contributed by atoms with Crippen LogP contribution in [0.1, 0.15) is 22.5 Å². The number of benzene rings is 1. The fourth-order valence-corrected chi connectivity index (χ4v) is 3.96. The molecule has 0 unspecified atom stereocenters. The van der Waals surface area contributed by atoms with E-state index < -0.39 is 4.92 Å². The van der Waals surface area contributed by atoms with Crippen molar-refractivity contribution in [1.29, 1.82) is 0 Å². The van der Waals surface area contributed by atoms with Gasteiger partial charge in [-0.25, -0.2) is 15.0 Å². The Hall–Kier alpha value is -3.53. The second kappa shape index (κ2) is 9.09. The second-order valence-electron chi connectivity index (χ2n) is 6.91. The zero-order chi connectivity index (χ0) is 21.8. The van der Waals surface area contributed by atoms with Crippen molar-refractivity contribution in [1.82, 2.24) is 15.0 Å². The lowest BCUT2D eigenvalue weighted by molar-refractivity contribution is -0.384. The number of hydrogen-bond acceptors (Lipinski definition) is 8. The van der Waals surface area contributed by atoms with Crippen LogP contribution in [0.2, 0.25) is 0 Å². The summed E-state index contributed by atoms with van der Waals surface area (Å²) in [5.41, 5.74) is 17.5. The molecule has 0 atom stereocenters. The minimum absolute atomic E-state index is 0.0736. The average molecular weight is 433 g/mol. The van der Waals surface area contributed by atoms with Gasteiger partial charge in [0.1, 0.15) is 10.7 Å². The van der Waals surface area contributed by atoms with Crippen LogP contribution in [0.5, 0.6) is 0 Å². The van der Waals surface area contributed by atoms with Crippen LogP contribution in [0.3, 0.4) is 0 Å². The predicted octanol–water partition coefficient (Wildman–Crippen LogP) is 3.68. The number of nitro benzene ring substituents is 1. The van der Waals surface area contributed by atoms with Gasteiger partial charge in [-0.1, -0.05) is 18.2 Å². The van der Waals surface area contributed by atoms with Gasteiger partial charge in [0.05, 0.1) is 27.7 Å². The van der Waals surface area contributed by atoms with Crippen molar-refractivity contribution in [3.05, 3.63) is 92.6 Å². The third kappa shape index (κ3) is 4.80. The molecule has 4 N–H and O–H groups in total. The van der Waals surface area contributed by atoms with Gasteiger partial charge < -0.3 is 11.5 Å². The van der Waals surface area contributed by atoms with Crippen molar-refractivity contribution in [2.24, 2.45) is 11.5 Å². The van der Waals surface area contributed by atoms with Gasteiger partial charge in [0.25, 0.3) is 5.69 Å². The highest BCUT2D eigenvalue weighted by atomic mass is 32.1. The minimum atomic E-state index is -0.404. The first kappa shape index (κ1) is 20.7. The van der Waals surface area contributed by atoms with Crippen molar-refractivity contribution in [2.45, 2.75) is 19.5 Å². The van der Waals surface area contributed by atoms with Crippen molar-refractivity contribution < 1.29 is 4.92 Å². The summed E-state index contributed by atoms with van der Waals surface area (Å²) < 4.78 is 0. The van der Waals surface area contributed by atoms with E-state index in [4.69, 9.17) is 16.5 Å². The molecule has 8 nitrogen and oxygen atoms in total. The van der Waals surface area contributed by atoms with Gasteiger partial charge in [0.2, 0.25) is 0 Å². The summed E-state index contributed by atoms with van der Waals surface area (Å²) in [6.45, 7) is 0.677. The Morgan fingerprint density at radius 1 is 0.839 bits per heavy atom. The Labute approximate surface area is 182 Å². The summed E-state index contributed by atoms with van der Waals surface area (Å²) >= 11 is 1.49. The maximum absolute atomic E-state index is 10.9. The SMILES string of the molecule is NCc1cccc(-c2csc(-c3cc(Cc4ccc([N+](=O)[O-])cc4)cc(CN)n3)n2)n1. The topological polar surface area (TPSA) is 134 Å². The smallest absolute Gasteiger partial charge is 0.269 e. The average Bonchev–Trinajstić information content (AvgIpc) is 3.30. The van der Waals surface area contributed by atoms with Crippen LogP contribution >= 0.6 is 11.3 Å². The monoisotopic (exact) mass is 432 g/mol. The van der Waals surface area contributed by atoms with Crippen LogP contribution < -0.4 is 11.5 Å². The molecule has 0 saturated carbocycles. The molecule has 0 fully saturated rings. The number of pyridine rings is 2. The standard InChI is InChI=1S/C22H20N6O2S/c23-11-16-2-1-3-19(25-16)21-13-31-22(27-21)20-10-15(9-17(12-24)26-20)8-14-4-6-18(7-5-14)28(29)30/h1-7,9-10,13H,8,11-12,23-24H2. The molecular weight excluding hydrogens is 412 g/mol. The Bertz CT molecular complexity index is 1220. The Kier molecular flexibility index (Phi) is 6.08. The van der Waals surface area contributed by atoms with Crippen LogP contribution in [-0.4, -0.2) is 19.9 Å². The number of nitro groups is 1. The molecule has 0 aliphatic carbocycles. The Morgan fingerprint density at radius 2 is 1.58 bits per heavy atom. The molecule has 0 aliphatic heterocycles. The molecule has 0 spiro atoms. The maximum atomic E-state index is 10.9. The van der Waals surface area contributed by atoms with Crippen molar-refractivity contribution >= 4 is 17.0 Å². The largest absolute Gasteiger partial charge is 0.325 e. The third-order valence-corrected chi connectivity index (χ3v) is 5.57. The molecule has 0 amide bonds. The lowest BCUT2D eigenvalue weighted by atomic mass is 10.0. The van der Waals surface area contributed by atoms with Gasteiger partial charge in [-0.15, -0.1) is 11.3 Å². The lowest BCUT2D eigenvalue weighted by Gasteiger charge is -2.07. The first-order valence-electron chi connectivity index (χ1n) is 9.61. The number of rotatable bonds is 7. The first-order chi connectivity index (χ1) is 15.1. The molecule has 3 aromatic heterocycles. The van der Waals surface area contributed by atoms with E-state index in [2.05, 4.69) is 9.97 Å². The Balaban J connectivity index is 1.63. The van der Waals surface area contributed by atoms with Gasteiger partial charge >= 0.3 is 0 Å². The van der Waals surface area contributed by atoms with Crippen LogP contribution in [0, 0.1) is 10.1 Å². The predicted molar refractivity (Wildman–Crippen MR) is 120 cm³/mol. The highest BCUT2D eigenvalue weighted by Gasteiger charge is 2.12. The fraction of sp³-hybridized carbons (Fsp3) is 0.136. The molecule has 4 rings (SSSR count). The van der Waals surface area contributed by atoms with Crippen molar-refractivity contribution in [3.8, 4) is 22.1 Å². The molecule has 0 radical (unpaired) electrons. The summed E-state index contributed by atoms with van der Waals surface area (Å²) in [5.74, 6) is 0. The van der Waals surface area contributed by atoms with Gasteiger partial charge in [-0.3, -0.25) is 10.1 Å². The van der Waals surface area contributed by atoms with Gasteiger partial charge in [-0.05, 0) is 41.8 Å². The normalized spacial score (nSPS) is 10.9. The molecule has 0 aliphatic rings. The Morgan fingerprint density at radius 3 is 2.29 bits per heavy atom. The van der Waals surface area contributed by atoms with Gasteiger partial charge in [-0.2, -0.15) is 0 Å². The molecule has 156 valence electrons. The molecule has 3 heterocycles. The summed E-state index contributed by atoms with van der Waals surface area (Å²) in [6.07, 6.45) is 0.610. The van der Waals surface area contributed by atoms with E-state index in [0.29, 0.717) is 19.5 Å². The number of nitrogens with zero attached hydrogens (tertiary/aromatic N) is 4. The first-order valence-corrected chi connectivity index (χ1v) is 10.5. The van der Waals surface area contributed by atoms with E-state index >= 15 is 0 Å². The molecule has 0 saturated heterocycles. The van der Waals surface area contributed by atoms with Gasteiger partial charge in [0, 0.05) is 30.6 Å². The van der Waals surface area contributed by atoms with E-state index in [1.54, 1.807) is 12.1 Å². The van der Waals surface area contributed by atoms with E-state index in [1.807, 2.05) is 35.7 Å². The molecule has 4 aromatic rings. The fourth-order valence-electron chi connectivity index (χ4n) is 3.18. The molecule has 9 heteroatoms. The van der Waals surface area contributed by atoms with Crippen molar-refractivity contribution in [3.63, 3.8) is 0 Å². The number of non-ortho nitro benzene ring substituents is 1. The molecule has 0 bridgehead atoms. The summed E-state index contributed by atoms with van der Waals surface area (Å²) in [6, 6.07) is 16.2. The third-order valence-electron chi connectivity index (χ3n) is 4.70. The number of thiazole rings is 1. The molecule has 1 aromatic carbocycles. The van der Waals surface area contributed by atoms with Crippen LogP contribution in [0.15, 0.2) is 60.0 Å². The zero-order valence-corrected chi connectivity index (χ0v) is 17.4. The summed E-state index contributed by atoms with van der Waals surface area (Å²) in [4.78, 5) is 24.3. The highest BCUT2D eigenvalue weighted by molar-refractivity contribution is 7.13.